The molecule has 0 atom stereocenters. The summed E-state index contributed by atoms with van der Waals surface area (Å²) in [4.78, 5) is 36.0. The highest BCUT2D eigenvalue weighted by molar-refractivity contribution is 6.08. The second kappa shape index (κ2) is 6.48. The Hall–Kier alpha value is -2.89. The molecule has 0 fully saturated rings. The molecule has 2 aromatic rings. The predicted octanol–water partition coefficient (Wildman–Crippen LogP) is 1.30. The van der Waals surface area contributed by atoms with E-state index in [2.05, 4.69) is 0 Å². The number of benzene rings is 1. The number of hydrogen-bond donors (Lipinski definition) is 0. The highest BCUT2D eigenvalue weighted by atomic mass is 16.5. The van der Waals surface area contributed by atoms with E-state index in [0.717, 1.165) is 10.1 Å². The van der Waals surface area contributed by atoms with E-state index in [-0.39, 0.29) is 11.3 Å². The number of aromatic nitrogens is 2. The average Bonchev–Trinajstić information content (AvgIpc) is 2.54. The van der Waals surface area contributed by atoms with Gasteiger partial charge in [0.05, 0.1) is 18.2 Å². The number of carbonyl (C=O) groups excluding carboxylic acids is 1. The summed E-state index contributed by atoms with van der Waals surface area (Å²) in [5.74, 6) is 0.200. The number of nitrogens with zero attached hydrogens (tertiary/aromatic N) is 2. The van der Waals surface area contributed by atoms with Crippen LogP contribution in [-0.2, 0) is 14.1 Å². The standard InChI is InChI=1S/C17H18N2O4/c1-11-5-7-13(15(9-11)23-4)14(20)8-6-12-10-18(2)17(22)19(3)16(12)21/h5-10H,1-4H3/b8-6+. The zero-order chi connectivity index (χ0) is 17.1. The molecule has 0 saturated heterocycles. The van der Waals surface area contributed by atoms with Gasteiger partial charge in [0.15, 0.2) is 5.78 Å². The lowest BCUT2D eigenvalue weighted by atomic mass is 10.1. The first-order valence-electron chi connectivity index (χ1n) is 6.99. The minimum absolute atomic E-state index is 0.258. The molecule has 0 aliphatic heterocycles. The SMILES string of the molecule is COc1cc(C)ccc1C(=O)/C=C/c1cn(C)c(=O)n(C)c1=O. The number of hydrogen-bond acceptors (Lipinski definition) is 4. The van der Waals surface area contributed by atoms with Crippen LogP contribution in [0.2, 0.25) is 0 Å². The fourth-order valence-corrected chi connectivity index (χ4v) is 2.21. The van der Waals surface area contributed by atoms with E-state index in [1.807, 2.05) is 13.0 Å². The molecular weight excluding hydrogens is 296 g/mol. The molecule has 0 saturated carbocycles. The second-order valence-electron chi connectivity index (χ2n) is 5.24. The average molecular weight is 314 g/mol. The molecule has 0 radical (unpaired) electrons. The van der Waals surface area contributed by atoms with Gasteiger partial charge in [0.2, 0.25) is 0 Å². The van der Waals surface area contributed by atoms with Gasteiger partial charge in [-0.25, -0.2) is 4.79 Å². The van der Waals surface area contributed by atoms with Gasteiger partial charge in [-0.1, -0.05) is 6.07 Å². The summed E-state index contributed by atoms with van der Waals surface area (Å²) >= 11 is 0. The topological polar surface area (TPSA) is 70.3 Å². The molecule has 2 rings (SSSR count). The second-order valence-corrected chi connectivity index (χ2v) is 5.24. The quantitative estimate of drug-likeness (QED) is 0.630. The van der Waals surface area contributed by atoms with Gasteiger partial charge in [-0.2, -0.15) is 0 Å². The van der Waals surface area contributed by atoms with Gasteiger partial charge in [-0.05, 0) is 36.8 Å². The molecule has 6 nitrogen and oxygen atoms in total. The molecule has 120 valence electrons. The van der Waals surface area contributed by atoms with Crippen molar-refractivity contribution in [1.29, 1.82) is 0 Å². The molecule has 0 bridgehead atoms. The highest BCUT2D eigenvalue weighted by Crippen LogP contribution is 2.20. The third-order valence-electron chi connectivity index (χ3n) is 3.51. The van der Waals surface area contributed by atoms with E-state index in [1.165, 1.54) is 37.1 Å². The molecule has 1 aromatic heterocycles. The Kier molecular flexibility index (Phi) is 4.64. The fraction of sp³-hybridized carbons (Fsp3) is 0.235. The third kappa shape index (κ3) is 3.31. The van der Waals surface area contributed by atoms with Crippen LogP contribution in [-0.4, -0.2) is 22.0 Å². The van der Waals surface area contributed by atoms with Gasteiger partial charge in [0, 0.05) is 20.3 Å². The maximum Gasteiger partial charge on any atom is 0.330 e. The predicted molar refractivity (Wildman–Crippen MR) is 88.0 cm³/mol. The number of ketones is 1. The normalized spacial score (nSPS) is 11.0. The summed E-state index contributed by atoms with van der Waals surface area (Å²) in [6, 6.07) is 5.26. The van der Waals surface area contributed by atoms with E-state index in [9.17, 15) is 14.4 Å². The van der Waals surface area contributed by atoms with Crippen molar-refractivity contribution in [3.63, 3.8) is 0 Å². The zero-order valence-corrected chi connectivity index (χ0v) is 13.5. The van der Waals surface area contributed by atoms with Gasteiger partial charge < -0.3 is 9.30 Å². The Balaban J connectivity index is 2.40. The van der Waals surface area contributed by atoms with Crippen molar-refractivity contribution in [2.45, 2.75) is 6.92 Å². The lowest BCUT2D eigenvalue weighted by Crippen LogP contribution is -2.37. The maximum absolute atomic E-state index is 12.3. The zero-order valence-electron chi connectivity index (χ0n) is 13.5. The molecular formula is C17H18N2O4. The molecule has 1 heterocycles. The number of ether oxygens (including phenoxy) is 1. The molecule has 0 spiro atoms. The van der Waals surface area contributed by atoms with Crippen LogP contribution in [0.1, 0.15) is 21.5 Å². The lowest BCUT2D eigenvalue weighted by molar-refractivity contribution is 0.104. The first kappa shape index (κ1) is 16.5. The number of carbonyl (C=O) groups is 1. The number of allylic oxidation sites excluding steroid dienone is 1. The first-order chi connectivity index (χ1) is 10.8. The van der Waals surface area contributed by atoms with Crippen LogP contribution < -0.4 is 16.0 Å². The van der Waals surface area contributed by atoms with Crippen LogP contribution in [0.15, 0.2) is 40.1 Å². The van der Waals surface area contributed by atoms with Crippen molar-refractivity contribution in [2.24, 2.45) is 14.1 Å². The van der Waals surface area contributed by atoms with Gasteiger partial charge in [0.25, 0.3) is 5.56 Å². The summed E-state index contributed by atoms with van der Waals surface area (Å²) < 4.78 is 7.50. The maximum atomic E-state index is 12.3. The van der Waals surface area contributed by atoms with Crippen molar-refractivity contribution in [3.8, 4) is 5.75 Å². The van der Waals surface area contributed by atoms with Crippen LogP contribution in [0.3, 0.4) is 0 Å². The molecule has 23 heavy (non-hydrogen) atoms. The molecule has 0 N–H and O–H groups in total. The van der Waals surface area contributed by atoms with Crippen LogP contribution in [0.25, 0.3) is 6.08 Å². The van der Waals surface area contributed by atoms with Crippen LogP contribution >= 0.6 is 0 Å². The van der Waals surface area contributed by atoms with Crippen molar-refractivity contribution >= 4 is 11.9 Å². The van der Waals surface area contributed by atoms with Crippen LogP contribution in [0, 0.1) is 6.92 Å². The van der Waals surface area contributed by atoms with Gasteiger partial charge in [-0.3, -0.25) is 14.2 Å². The minimum atomic E-state index is -0.451. The van der Waals surface area contributed by atoms with Gasteiger partial charge in [0.1, 0.15) is 5.75 Å². The Labute approximate surface area is 133 Å². The van der Waals surface area contributed by atoms with E-state index < -0.39 is 11.2 Å². The smallest absolute Gasteiger partial charge is 0.330 e. The monoisotopic (exact) mass is 314 g/mol. The fourth-order valence-electron chi connectivity index (χ4n) is 2.21. The van der Waals surface area contributed by atoms with E-state index in [1.54, 1.807) is 19.2 Å². The Morgan fingerprint density at radius 3 is 2.57 bits per heavy atom. The largest absolute Gasteiger partial charge is 0.496 e. The van der Waals surface area contributed by atoms with Crippen LogP contribution in [0.5, 0.6) is 5.75 Å². The summed E-state index contributed by atoms with van der Waals surface area (Å²) in [6.07, 6.45) is 4.11. The highest BCUT2D eigenvalue weighted by Gasteiger charge is 2.10. The number of aryl methyl sites for hydroxylation is 2. The summed E-state index contributed by atoms with van der Waals surface area (Å²) in [7, 11) is 4.44. The number of methoxy groups -OCH3 is 1. The van der Waals surface area contributed by atoms with Crippen molar-refractivity contribution in [3.05, 3.63) is 68.0 Å². The summed E-state index contributed by atoms with van der Waals surface area (Å²) in [6.45, 7) is 1.90. The Morgan fingerprint density at radius 2 is 1.91 bits per heavy atom. The molecule has 0 amide bonds. The van der Waals surface area contributed by atoms with Gasteiger partial charge in [-0.15, -0.1) is 0 Å². The summed E-state index contributed by atoms with van der Waals surface area (Å²) in [5.41, 5.74) is 0.783. The first-order valence-corrected chi connectivity index (χ1v) is 6.99. The van der Waals surface area contributed by atoms with E-state index in [0.29, 0.717) is 11.3 Å². The molecule has 0 aliphatic rings. The summed E-state index contributed by atoms with van der Waals surface area (Å²) in [5, 5.41) is 0. The van der Waals surface area contributed by atoms with Crippen LogP contribution in [0.4, 0.5) is 0 Å². The molecule has 0 unspecified atom stereocenters. The van der Waals surface area contributed by atoms with Gasteiger partial charge >= 0.3 is 5.69 Å². The third-order valence-corrected chi connectivity index (χ3v) is 3.51. The molecule has 1 aromatic carbocycles. The van der Waals surface area contributed by atoms with Crippen molar-refractivity contribution in [1.82, 2.24) is 9.13 Å². The Morgan fingerprint density at radius 1 is 1.22 bits per heavy atom. The minimum Gasteiger partial charge on any atom is -0.496 e. The van der Waals surface area contributed by atoms with Crippen molar-refractivity contribution in [2.75, 3.05) is 7.11 Å². The molecule has 6 heteroatoms. The number of rotatable bonds is 4. The van der Waals surface area contributed by atoms with Crippen molar-refractivity contribution < 1.29 is 9.53 Å². The van der Waals surface area contributed by atoms with E-state index >= 15 is 0 Å². The van der Waals surface area contributed by atoms with E-state index in [4.69, 9.17) is 4.74 Å². The Bertz CT molecular complexity index is 904. The lowest BCUT2D eigenvalue weighted by Gasteiger charge is -2.06. The molecule has 0 aliphatic carbocycles.